The van der Waals surface area contributed by atoms with Crippen LogP contribution < -0.4 is 0 Å². The lowest BCUT2D eigenvalue weighted by atomic mass is 9.94. The van der Waals surface area contributed by atoms with Crippen molar-refractivity contribution in [1.82, 2.24) is 39.9 Å². The minimum atomic E-state index is 0.643. The van der Waals surface area contributed by atoms with Crippen molar-refractivity contribution in [2.75, 3.05) is 0 Å². The average molecular weight is 1330 g/mol. The first-order valence-corrected chi connectivity index (χ1v) is 34.8. The first kappa shape index (κ1) is 63.4. The summed E-state index contributed by atoms with van der Waals surface area (Å²) >= 11 is 0. The van der Waals surface area contributed by atoms with Gasteiger partial charge in [0.05, 0.1) is 17.1 Å². The van der Waals surface area contributed by atoms with Gasteiger partial charge in [-0.3, -0.25) is 4.98 Å². The molecule has 0 fully saturated rings. The first-order valence-electron chi connectivity index (χ1n) is 34.8. The predicted octanol–water partition coefficient (Wildman–Crippen LogP) is 24.2. The molecule has 14 aromatic carbocycles. The number of benzene rings is 14. The van der Waals surface area contributed by atoms with Crippen LogP contribution in [-0.2, 0) is 0 Å². The van der Waals surface area contributed by atoms with Crippen molar-refractivity contribution >= 4 is 21.5 Å². The number of pyridine rings is 2. The van der Waals surface area contributed by atoms with Crippen molar-refractivity contribution in [3.8, 4) is 158 Å². The number of rotatable bonds is 14. The van der Waals surface area contributed by atoms with Crippen LogP contribution in [0.4, 0.5) is 0 Å². The number of aromatic nitrogens is 8. The quantitative estimate of drug-likeness (QED) is 0.106. The first-order chi connectivity index (χ1) is 51.5. The Bertz CT molecular complexity index is 5840. The lowest BCUT2D eigenvalue weighted by molar-refractivity contribution is 1.07. The van der Waals surface area contributed by atoms with E-state index in [1.807, 2.05) is 152 Å². The van der Waals surface area contributed by atoms with E-state index in [-0.39, 0.29) is 0 Å². The molecule has 0 bridgehead atoms. The second-order valence-electron chi connectivity index (χ2n) is 25.4. The Morgan fingerprint density at radius 3 is 0.769 bits per heavy atom. The molecule has 18 aromatic rings. The van der Waals surface area contributed by atoms with E-state index in [1.54, 1.807) is 0 Å². The molecular weight excluding hydrogens is 1270 g/mol. The maximum Gasteiger partial charge on any atom is 0.164 e. The lowest BCUT2D eigenvalue weighted by Gasteiger charge is -2.12. The largest absolute Gasteiger partial charge is 0.256 e. The Kier molecular flexibility index (Phi) is 17.7. The lowest BCUT2D eigenvalue weighted by Crippen LogP contribution is -2.00. The molecular formula is C96H64N8. The molecule has 8 heteroatoms. The number of fused-ring (bicyclic) bond motifs is 2. The molecule has 0 aliphatic rings. The molecule has 8 nitrogen and oxygen atoms in total. The molecule has 0 aliphatic carbocycles. The summed E-state index contributed by atoms with van der Waals surface area (Å²) in [6, 6.07) is 132. The topological polar surface area (TPSA) is 103 Å². The summed E-state index contributed by atoms with van der Waals surface area (Å²) in [5.41, 5.74) is 23.5. The summed E-state index contributed by atoms with van der Waals surface area (Å²) in [6.07, 6.45) is 1.83. The molecule has 0 N–H and O–H groups in total. The van der Waals surface area contributed by atoms with Crippen molar-refractivity contribution in [3.63, 3.8) is 0 Å². The smallest absolute Gasteiger partial charge is 0.164 e. The molecule has 0 saturated carbocycles. The van der Waals surface area contributed by atoms with Crippen LogP contribution in [-0.4, -0.2) is 39.9 Å². The average Bonchev–Trinajstić information content (AvgIpc) is 0.792. The van der Waals surface area contributed by atoms with Gasteiger partial charge in [0, 0.05) is 56.3 Å². The van der Waals surface area contributed by atoms with Gasteiger partial charge < -0.3 is 0 Å². The van der Waals surface area contributed by atoms with Crippen molar-refractivity contribution < 1.29 is 0 Å². The fraction of sp³-hybridized carbons (Fsp3) is 0. The maximum atomic E-state index is 5.14. The molecule has 0 saturated heterocycles. The summed E-state index contributed by atoms with van der Waals surface area (Å²) in [6.45, 7) is 0. The van der Waals surface area contributed by atoms with Crippen molar-refractivity contribution in [2.24, 2.45) is 0 Å². The third kappa shape index (κ3) is 13.7. The van der Waals surface area contributed by atoms with Crippen LogP contribution >= 0.6 is 0 Å². The van der Waals surface area contributed by atoms with Gasteiger partial charge in [0.25, 0.3) is 0 Å². The molecule has 18 rings (SSSR count). The Hall–Kier alpha value is -14.1. The molecule has 4 aromatic heterocycles. The van der Waals surface area contributed by atoms with Crippen LogP contribution in [0.2, 0.25) is 0 Å². The Balaban J connectivity index is 0.000000158. The van der Waals surface area contributed by atoms with Crippen LogP contribution in [0.15, 0.2) is 388 Å². The van der Waals surface area contributed by atoms with E-state index in [1.165, 1.54) is 43.8 Å². The standard InChI is InChI=1S/C54H36N4.C42H28N4/c1-5-14-37(15-6-1)47-35-50(40-16-7-2-8-17-40)55-51(36-47)41-28-26-39(27-29-41)48-23-13-22-46-34-45(32-33-49(46)48)38-24-30-44(31-25-38)54-57-52(42-18-9-3-10-19-42)56-53(58-54)43-20-11-4-12-21-43;1-3-10-32(11-4-1)40-44-41(33-12-5-2-6-13-33)46-42(45-40)34-23-17-29(18-24-34)35-25-26-38-36(28-35)14-9-15-37(38)30-19-21-31(22-20-30)39-16-7-8-27-43-39/h1-36H;1-28H. The van der Waals surface area contributed by atoms with E-state index >= 15 is 0 Å². The fourth-order valence-electron chi connectivity index (χ4n) is 13.3. The number of nitrogens with zero attached hydrogens (tertiary/aromatic N) is 8. The highest BCUT2D eigenvalue weighted by molar-refractivity contribution is 6.00. The Labute approximate surface area is 603 Å². The van der Waals surface area contributed by atoms with Crippen LogP contribution in [0.25, 0.3) is 179 Å². The van der Waals surface area contributed by atoms with E-state index in [2.05, 4.69) is 242 Å². The Morgan fingerprint density at radius 1 is 0.144 bits per heavy atom. The molecule has 0 atom stereocenters. The second kappa shape index (κ2) is 29.0. The minimum absolute atomic E-state index is 0.643. The van der Waals surface area contributed by atoms with E-state index in [4.69, 9.17) is 34.9 Å². The molecule has 0 unspecified atom stereocenters. The molecule has 4 heterocycles. The molecule has 0 aliphatic heterocycles. The Morgan fingerprint density at radius 2 is 0.413 bits per heavy atom. The van der Waals surface area contributed by atoms with Crippen molar-refractivity contribution in [1.29, 1.82) is 0 Å². The van der Waals surface area contributed by atoms with E-state index < -0.39 is 0 Å². The van der Waals surface area contributed by atoms with E-state index in [0.717, 1.165) is 101 Å². The monoisotopic (exact) mass is 1330 g/mol. The van der Waals surface area contributed by atoms with E-state index in [9.17, 15) is 0 Å². The van der Waals surface area contributed by atoms with E-state index in [0.29, 0.717) is 34.9 Å². The second-order valence-corrected chi connectivity index (χ2v) is 25.4. The van der Waals surface area contributed by atoms with Gasteiger partial charge in [-0.15, -0.1) is 0 Å². The molecule has 488 valence electrons. The van der Waals surface area contributed by atoms with Gasteiger partial charge in [0.1, 0.15) is 0 Å². The third-order valence-electron chi connectivity index (χ3n) is 18.8. The number of hydrogen-bond donors (Lipinski definition) is 0. The molecule has 0 amide bonds. The molecule has 104 heavy (non-hydrogen) atoms. The fourth-order valence-corrected chi connectivity index (χ4v) is 13.3. The summed E-state index contributed by atoms with van der Waals surface area (Å²) < 4.78 is 0. The zero-order chi connectivity index (χ0) is 69.4. The van der Waals surface area contributed by atoms with Gasteiger partial charge in [0.15, 0.2) is 34.9 Å². The van der Waals surface area contributed by atoms with Crippen molar-refractivity contribution in [3.05, 3.63) is 388 Å². The van der Waals surface area contributed by atoms with Gasteiger partial charge in [-0.1, -0.05) is 346 Å². The van der Waals surface area contributed by atoms with Gasteiger partial charge in [-0.2, -0.15) is 0 Å². The molecule has 0 radical (unpaired) electrons. The predicted molar refractivity (Wildman–Crippen MR) is 426 cm³/mol. The van der Waals surface area contributed by atoms with Gasteiger partial charge in [0.2, 0.25) is 0 Å². The van der Waals surface area contributed by atoms with Gasteiger partial charge >= 0.3 is 0 Å². The summed E-state index contributed by atoms with van der Waals surface area (Å²) in [4.78, 5) is 38.9. The molecule has 0 spiro atoms. The highest BCUT2D eigenvalue weighted by atomic mass is 15.0. The zero-order valence-electron chi connectivity index (χ0n) is 56.5. The number of hydrogen-bond acceptors (Lipinski definition) is 8. The SMILES string of the molecule is c1ccc(-c2cc(-c3ccccc3)nc(-c3ccc(-c4cccc5cc(-c6ccc(-c7nc(-c8ccccc8)nc(-c8ccccc8)n7)cc6)ccc45)cc3)c2)cc1.c1ccc(-c2nc(-c3ccccc3)nc(-c3ccc(-c4ccc5c(-c6ccc(-c7ccccn7)cc6)cccc5c4)cc3)n2)cc1. The van der Waals surface area contributed by atoms with Gasteiger partial charge in [-0.25, -0.2) is 34.9 Å². The van der Waals surface area contributed by atoms with Crippen LogP contribution in [0, 0.1) is 0 Å². The highest BCUT2D eigenvalue weighted by Gasteiger charge is 2.17. The maximum absolute atomic E-state index is 5.14. The summed E-state index contributed by atoms with van der Waals surface area (Å²) in [5, 5.41) is 4.81. The van der Waals surface area contributed by atoms with Crippen LogP contribution in [0.5, 0.6) is 0 Å². The van der Waals surface area contributed by atoms with Crippen LogP contribution in [0.1, 0.15) is 0 Å². The van der Waals surface area contributed by atoms with Gasteiger partial charge in [-0.05, 0) is 114 Å². The normalized spacial score (nSPS) is 11.1. The highest BCUT2D eigenvalue weighted by Crippen LogP contribution is 2.38. The zero-order valence-corrected chi connectivity index (χ0v) is 56.5. The summed E-state index contributed by atoms with van der Waals surface area (Å²) in [5.74, 6) is 3.91. The third-order valence-corrected chi connectivity index (χ3v) is 18.8. The summed E-state index contributed by atoms with van der Waals surface area (Å²) in [7, 11) is 0. The van der Waals surface area contributed by atoms with Crippen molar-refractivity contribution in [2.45, 2.75) is 0 Å². The van der Waals surface area contributed by atoms with Crippen LogP contribution in [0.3, 0.4) is 0 Å². The minimum Gasteiger partial charge on any atom is -0.256 e.